The second-order valence-corrected chi connectivity index (χ2v) is 4.05. The van der Waals surface area contributed by atoms with Crippen molar-refractivity contribution >= 4 is 11.6 Å². The van der Waals surface area contributed by atoms with Crippen molar-refractivity contribution < 1.29 is 4.39 Å². The molecule has 0 aromatic heterocycles. The van der Waals surface area contributed by atoms with Crippen molar-refractivity contribution in [3.05, 3.63) is 33.6 Å². The van der Waals surface area contributed by atoms with E-state index in [1.165, 1.54) is 0 Å². The van der Waals surface area contributed by atoms with Crippen molar-refractivity contribution in [3.63, 3.8) is 0 Å². The van der Waals surface area contributed by atoms with Crippen LogP contribution in [0.5, 0.6) is 0 Å². The third kappa shape index (κ3) is 1.91. The van der Waals surface area contributed by atoms with Gasteiger partial charge in [0, 0.05) is 0 Å². The Morgan fingerprint density at radius 1 is 1.50 bits per heavy atom. The Balaban J connectivity index is 3.33. The van der Waals surface area contributed by atoms with Crippen molar-refractivity contribution in [2.75, 3.05) is 6.54 Å². The molecule has 0 bridgehead atoms. The molecule has 0 amide bonds. The van der Waals surface area contributed by atoms with Gasteiger partial charge in [-0.2, -0.15) is 0 Å². The third-order valence-electron chi connectivity index (χ3n) is 2.56. The van der Waals surface area contributed by atoms with Crippen molar-refractivity contribution in [1.29, 1.82) is 0 Å². The molecule has 1 nitrogen and oxygen atoms in total. The first-order valence-corrected chi connectivity index (χ1v) is 5.02. The quantitative estimate of drug-likeness (QED) is 0.806. The highest BCUT2D eigenvalue weighted by Gasteiger charge is 2.14. The molecule has 1 unspecified atom stereocenters. The molecular formula is C11H15ClFN. The van der Waals surface area contributed by atoms with Gasteiger partial charge in [0.1, 0.15) is 5.82 Å². The summed E-state index contributed by atoms with van der Waals surface area (Å²) in [5, 5.41) is 0.218. The second-order valence-electron chi connectivity index (χ2n) is 3.67. The fourth-order valence-corrected chi connectivity index (χ4v) is 1.70. The molecule has 2 N–H and O–H groups in total. The standard InChI is InChI=1S/C11H15ClFN/c1-6-4-9(7(2)5-14)8(3)11(13)10(6)12/h4,7H,5,14H2,1-3H3. The van der Waals surface area contributed by atoms with E-state index in [9.17, 15) is 4.39 Å². The van der Waals surface area contributed by atoms with Gasteiger partial charge in [-0.25, -0.2) is 4.39 Å². The van der Waals surface area contributed by atoms with Crippen LogP contribution in [0.15, 0.2) is 6.07 Å². The van der Waals surface area contributed by atoms with Gasteiger partial charge in [-0.05, 0) is 43.0 Å². The number of hydrogen-bond acceptors (Lipinski definition) is 1. The van der Waals surface area contributed by atoms with Crippen LogP contribution in [-0.2, 0) is 0 Å². The minimum atomic E-state index is -0.318. The Bertz CT molecular complexity index is 350. The molecule has 1 aromatic rings. The van der Waals surface area contributed by atoms with Crippen molar-refractivity contribution in [2.45, 2.75) is 26.7 Å². The van der Waals surface area contributed by atoms with Gasteiger partial charge in [-0.1, -0.05) is 24.6 Å². The number of rotatable bonds is 2. The molecule has 0 aliphatic rings. The lowest BCUT2D eigenvalue weighted by molar-refractivity contribution is 0.609. The molecule has 0 radical (unpaired) electrons. The lowest BCUT2D eigenvalue weighted by Gasteiger charge is -2.15. The summed E-state index contributed by atoms with van der Waals surface area (Å²) in [6, 6.07) is 1.91. The Hall–Kier alpha value is -0.600. The highest BCUT2D eigenvalue weighted by Crippen LogP contribution is 2.29. The molecule has 0 fully saturated rings. The Morgan fingerprint density at radius 3 is 2.57 bits per heavy atom. The number of benzene rings is 1. The fraction of sp³-hybridized carbons (Fsp3) is 0.455. The van der Waals surface area contributed by atoms with E-state index in [-0.39, 0.29) is 16.8 Å². The van der Waals surface area contributed by atoms with Crippen molar-refractivity contribution in [1.82, 2.24) is 0 Å². The fourth-order valence-electron chi connectivity index (χ4n) is 1.51. The van der Waals surface area contributed by atoms with Crippen LogP contribution in [0.1, 0.15) is 29.5 Å². The van der Waals surface area contributed by atoms with E-state index in [1.54, 1.807) is 13.8 Å². The highest BCUT2D eigenvalue weighted by molar-refractivity contribution is 6.31. The zero-order valence-electron chi connectivity index (χ0n) is 8.70. The van der Waals surface area contributed by atoms with Crippen LogP contribution in [0.25, 0.3) is 0 Å². The SMILES string of the molecule is Cc1cc(C(C)CN)c(C)c(F)c1Cl. The lowest BCUT2D eigenvalue weighted by Crippen LogP contribution is -2.11. The van der Waals surface area contributed by atoms with Gasteiger partial charge < -0.3 is 5.73 Å². The molecule has 0 saturated heterocycles. The molecule has 0 saturated carbocycles. The molecule has 1 atom stereocenters. The summed E-state index contributed by atoms with van der Waals surface area (Å²) >= 11 is 5.80. The van der Waals surface area contributed by atoms with Crippen LogP contribution in [-0.4, -0.2) is 6.54 Å². The van der Waals surface area contributed by atoms with Gasteiger partial charge in [-0.15, -0.1) is 0 Å². The predicted molar refractivity (Wildman–Crippen MR) is 58.4 cm³/mol. The normalized spacial score (nSPS) is 13.0. The molecule has 0 aliphatic heterocycles. The highest BCUT2D eigenvalue weighted by atomic mass is 35.5. The van der Waals surface area contributed by atoms with Crippen molar-refractivity contribution in [2.24, 2.45) is 5.73 Å². The van der Waals surface area contributed by atoms with E-state index in [1.807, 2.05) is 13.0 Å². The summed E-state index contributed by atoms with van der Waals surface area (Å²) in [6.45, 7) is 6.04. The average Bonchev–Trinajstić information content (AvgIpc) is 2.19. The second kappa shape index (κ2) is 4.28. The minimum absolute atomic E-state index is 0.167. The first kappa shape index (κ1) is 11.5. The summed E-state index contributed by atoms with van der Waals surface area (Å²) in [5.74, 6) is -0.151. The average molecular weight is 216 g/mol. The van der Waals surface area contributed by atoms with Crippen LogP contribution in [0.3, 0.4) is 0 Å². The van der Waals surface area contributed by atoms with Crippen LogP contribution in [0.2, 0.25) is 5.02 Å². The molecule has 78 valence electrons. The van der Waals surface area contributed by atoms with E-state index >= 15 is 0 Å². The van der Waals surface area contributed by atoms with Gasteiger partial charge in [0.05, 0.1) is 5.02 Å². The Kier molecular flexibility index (Phi) is 3.51. The summed E-state index contributed by atoms with van der Waals surface area (Å²) in [4.78, 5) is 0. The third-order valence-corrected chi connectivity index (χ3v) is 3.02. The van der Waals surface area contributed by atoms with Crippen molar-refractivity contribution in [3.8, 4) is 0 Å². The monoisotopic (exact) mass is 215 g/mol. The number of nitrogens with two attached hydrogens (primary N) is 1. The predicted octanol–water partition coefficient (Wildman–Crippen LogP) is 3.16. The molecule has 0 spiro atoms. The molecule has 1 rings (SSSR count). The van der Waals surface area contributed by atoms with Gasteiger partial charge in [-0.3, -0.25) is 0 Å². The van der Waals surface area contributed by atoms with E-state index in [2.05, 4.69) is 0 Å². The van der Waals surface area contributed by atoms with E-state index in [0.29, 0.717) is 12.1 Å². The zero-order chi connectivity index (χ0) is 10.9. The molecule has 1 aromatic carbocycles. The first-order chi connectivity index (χ1) is 6.49. The Labute approximate surface area is 89.1 Å². The topological polar surface area (TPSA) is 26.0 Å². The van der Waals surface area contributed by atoms with Crippen LogP contribution >= 0.6 is 11.6 Å². The number of halogens is 2. The summed E-state index contributed by atoms with van der Waals surface area (Å²) in [6.07, 6.45) is 0. The van der Waals surface area contributed by atoms with E-state index in [0.717, 1.165) is 11.1 Å². The summed E-state index contributed by atoms with van der Waals surface area (Å²) in [5.41, 5.74) is 7.88. The maximum Gasteiger partial charge on any atom is 0.145 e. The minimum Gasteiger partial charge on any atom is -0.330 e. The summed E-state index contributed by atoms with van der Waals surface area (Å²) < 4.78 is 13.6. The number of aryl methyl sites for hydroxylation is 1. The Morgan fingerprint density at radius 2 is 2.07 bits per heavy atom. The lowest BCUT2D eigenvalue weighted by atomic mass is 9.94. The molecule has 0 heterocycles. The molecular weight excluding hydrogens is 201 g/mol. The number of hydrogen-bond donors (Lipinski definition) is 1. The summed E-state index contributed by atoms with van der Waals surface area (Å²) in [7, 11) is 0. The largest absolute Gasteiger partial charge is 0.330 e. The van der Waals surface area contributed by atoms with E-state index in [4.69, 9.17) is 17.3 Å². The molecule has 14 heavy (non-hydrogen) atoms. The molecule has 3 heteroatoms. The molecule has 0 aliphatic carbocycles. The van der Waals surface area contributed by atoms with Gasteiger partial charge >= 0.3 is 0 Å². The van der Waals surface area contributed by atoms with Gasteiger partial charge in [0.25, 0.3) is 0 Å². The zero-order valence-corrected chi connectivity index (χ0v) is 9.45. The van der Waals surface area contributed by atoms with Crippen LogP contribution in [0.4, 0.5) is 4.39 Å². The van der Waals surface area contributed by atoms with Crippen LogP contribution < -0.4 is 5.73 Å². The van der Waals surface area contributed by atoms with Gasteiger partial charge in [0.15, 0.2) is 0 Å². The van der Waals surface area contributed by atoms with Gasteiger partial charge in [0.2, 0.25) is 0 Å². The van der Waals surface area contributed by atoms with Crippen LogP contribution in [0, 0.1) is 19.7 Å². The maximum atomic E-state index is 13.6. The maximum absolute atomic E-state index is 13.6. The first-order valence-electron chi connectivity index (χ1n) is 4.64. The smallest absolute Gasteiger partial charge is 0.145 e. The van der Waals surface area contributed by atoms with E-state index < -0.39 is 0 Å².